The van der Waals surface area contributed by atoms with Gasteiger partial charge in [0.2, 0.25) is 0 Å². The first kappa shape index (κ1) is 29.8. The number of aromatic nitrogens is 1. The number of phenolic OH excluding ortho intramolecular Hbond substituents is 1. The molecule has 43 heavy (non-hydrogen) atoms. The number of fused-ring (bicyclic) bond motifs is 3. The number of aromatic hydroxyl groups is 1. The molecule has 3 aromatic carbocycles. The van der Waals surface area contributed by atoms with Crippen molar-refractivity contribution in [2.45, 2.75) is 53.5 Å². The topological polar surface area (TPSA) is 68.5 Å². The summed E-state index contributed by atoms with van der Waals surface area (Å²) in [5.41, 5.74) is 6.24. The van der Waals surface area contributed by atoms with Crippen LogP contribution in [0.4, 0.5) is 0 Å². The Labute approximate surface area is 253 Å². The molecule has 0 radical (unpaired) electrons. The molecule has 1 aromatic heterocycles. The summed E-state index contributed by atoms with van der Waals surface area (Å²) in [4.78, 5) is 27.4. The number of ether oxygens (including phenoxy) is 1. The Morgan fingerprint density at radius 2 is 1.63 bits per heavy atom. The maximum Gasteiger partial charge on any atom is 0.189 e. The predicted molar refractivity (Wildman–Crippen MR) is 176 cm³/mol. The van der Waals surface area contributed by atoms with Crippen LogP contribution in [0.1, 0.15) is 58.1 Å². The number of nitrogens with zero attached hydrogens (tertiary/aromatic N) is 1. The molecule has 1 aliphatic carbocycles. The lowest BCUT2D eigenvalue weighted by Gasteiger charge is -2.32. The Bertz CT molecular complexity index is 1840. The van der Waals surface area contributed by atoms with Crippen LogP contribution in [0.2, 0.25) is 0 Å². The Morgan fingerprint density at radius 3 is 2.35 bits per heavy atom. The second kappa shape index (κ2) is 12.3. The molecule has 220 valence electrons. The standard InChI is InChI=1S/C38H39NO4/c1-6-39-32-12-8-7-11-28(32)29-22-27(13-17-33(29)39)23-30(34(40)18-14-26-15-19-36(42)37(24-26)43-5)35(41)20-16-31-25(2)10-9-21-38(31,3)4/h7-8,11-20,22-24,42H,6,9-10,21H2,1-5H3. The largest absolute Gasteiger partial charge is 0.504 e. The first-order valence-corrected chi connectivity index (χ1v) is 14.9. The van der Waals surface area contributed by atoms with Gasteiger partial charge in [0.25, 0.3) is 0 Å². The Kier molecular flexibility index (Phi) is 8.54. The molecule has 0 unspecified atom stereocenters. The van der Waals surface area contributed by atoms with Crippen molar-refractivity contribution in [3.8, 4) is 11.5 Å². The van der Waals surface area contributed by atoms with E-state index in [1.807, 2.05) is 24.3 Å². The highest BCUT2D eigenvalue weighted by atomic mass is 16.5. The number of aryl methyl sites for hydroxylation is 1. The summed E-state index contributed by atoms with van der Waals surface area (Å²) >= 11 is 0. The number of benzene rings is 3. The van der Waals surface area contributed by atoms with Crippen LogP contribution in [0.25, 0.3) is 34.0 Å². The van der Waals surface area contributed by atoms with Crippen LogP contribution in [-0.2, 0) is 16.1 Å². The molecule has 0 bridgehead atoms. The highest BCUT2D eigenvalue weighted by Gasteiger charge is 2.27. The average molecular weight is 574 g/mol. The zero-order valence-electron chi connectivity index (χ0n) is 25.6. The first-order chi connectivity index (χ1) is 20.6. The number of hydrogen-bond acceptors (Lipinski definition) is 4. The molecule has 1 heterocycles. The number of para-hydroxylation sites is 1. The van der Waals surface area contributed by atoms with E-state index in [0.29, 0.717) is 11.3 Å². The van der Waals surface area contributed by atoms with Gasteiger partial charge in [-0.15, -0.1) is 0 Å². The van der Waals surface area contributed by atoms with E-state index >= 15 is 0 Å². The predicted octanol–water partition coefficient (Wildman–Crippen LogP) is 8.85. The van der Waals surface area contributed by atoms with Crippen molar-refractivity contribution in [3.05, 3.63) is 107 Å². The van der Waals surface area contributed by atoms with Gasteiger partial charge in [-0.2, -0.15) is 0 Å². The fourth-order valence-corrected chi connectivity index (χ4v) is 6.25. The highest BCUT2D eigenvalue weighted by Crippen LogP contribution is 2.40. The average Bonchev–Trinajstić information content (AvgIpc) is 3.31. The van der Waals surface area contributed by atoms with Gasteiger partial charge in [-0.05, 0) is 104 Å². The second-order valence-corrected chi connectivity index (χ2v) is 11.9. The molecule has 0 saturated heterocycles. The second-order valence-electron chi connectivity index (χ2n) is 11.9. The van der Waals surface area contributed by atoms with Gasteiger partial charge in [-0.1, -0.05) is 61.9 Å². The molecule has 0 atom stereocenters. The highest BCUT2D eigenvalue weighted by molar-refractivity contribution is 6.30. The lowest BCUT2D eigenvalue weighted by atomic mass is 9.72. The molecule has 0 saturated carbocycles. The van der Waals surface area contributed by atoms with Crippen molar-refractivity contribution in [3.63, 3.8) is 0 Å². The minimum Gasteiger partial charge on any atom is -0.504 e. The van der Waals surface area contributed by atoms with Gasteiger partial charge in [0.15, 0.2) is 23.1 Å². The number of methoxy groups -OCH3 is 1. The van der Waals surface area contributed by atoms with Crippen molar-refractivity contribution in [2.24, 2.45) is 5.41 Å². The summed E-state index contributed by atoms with van der Waals surface area (Å²) in [5.74, 6) is -0.410. The Hall–Kier alpha value is -4.64. The summed E-state index contributed by atoms with van der Waals surface area (Å²) in [5, 5.41) is 12.2. The lowest BCUT2D eigenvalue weighted by Crippen LogP contribution is -2.19. The van der Waals surface area contributed by atoms with E-state index < -0.39 is 5.78 Å². The van der Waals surface area contributed by atoms with E-state index in [4.69, 9.17) is 4.74 Å². The lowest BCUT2D eigenvalue weighted by molar-refractivity contribution is -0.116. The van der Waals surface area contributed by atoms with Gasteiger partial charge in [0, 0.05) is 28.4 Å². The van der Waals surface area contributed by atoms with Crippen LogP contribution in [0.15, 0.2) is 95.6 Å². The van der Waals surface area contributed by atoms with E-state index in [1.54, 1.807) is 30.4 Å². The third kappa shape index (κ3) is 6.12. The minimum atomic E-state index is -0.397. The molecule has 0 fully saturated rings. The van der Waals surface area contributed by atoms with Gasteiger partial charge >= 0.3 is 0 Å². The Balaban J connectivity index is 1.57. The van der Waals surface area contributed by atoms with Crippen LogP contribution in [0, 0.1) is 5.41 Å². The van der Waals surface area contributed by atoms with Crippen LogP contribution in [-0.4, -0.2) is 28.3 Å². The fraction of sp³-hybridized carbons (Fsp3) is 0.263. The summed E-state index contributed by atoms with van der Waals surface area (Å²) in [6, 6.07) is 19.2. The maximum absolute atomic E-state index is 13.7. The molecule has 1 aliphatic rings. The van der Waals surface area contributed by atoms with Crippen molar-refractivity contribution in [2.75, 3.05) is 7.11 Å². The summed E-state index contributed by atoms with van der Waals surface area (Å²) < 4.78 is 7.47. The SMILES string of the molecule is CCn1c2ccccc2c2cc(C=C(C(=O)C=CC3=C(C)CCCC3(C)C)C(=O)C=Cc3ccc(O)c(OC)c3)ccc21. The van der Waals surface area contributed by atoms with Gasteiger partial charge in [0.05, 0.1) is 12.7 Å². The summed E-state index contributed by atoms with van der Waals surface area (Å²) in [6.45, 7) is 9.51. The molecule has 0 amide bonds. The number of ketones is 2. The van der Waals surface area contributed by atoms with E-state index in [-0.39, 0.29) is 22.5 Å². The zero-order chi connectivity index (χ0) is 30.7. The van der Waals surface area contributed by atoms with Gasteiger partial charge in [-0.25, -0.2) is 0 Å². The number of carbonyl (C=O) groups excluding carboxylic acids is 2. The van der Waals surface area contributed by atoms with Crippen LogP contribution >= 0.6 is 0 Å². The number of hydrogen-bond donors (Lipinski definition) is 1. The maximum atomic E-state index is 13.7. The van der Waals surface area contributed by atoms with E-state index in [9.17, 15) is 14.7 Å². The molecular weight excluding hydrogens is 534 g/mol. The number of phenols is 1. The molecule has 0 aliphatic heterocycles. The van der Waals surface area contributed by atoms with Gasteiger partial charge in [-0.3, -0.25) is 9.59 Å². The fourth-order valence-electron chi connectivity index (χ4n) is 6.25. The number of carbonyl (C=O) groups is 2. The van der Waals surface area contributed by atoms with Crippen molar-refractivity contribution in [1.29, 1.82) is 0 Å². The summed E-state index contributed by atoms with van der Waals surface area (Å²) in [7, 11) is 1.47. The van der Waals surface area contributed by atoms with Crippen molar-refractivity contribution < 1.29 is 19.4 Å². The van der Waals surface area contributed by atoms with Crippen LogP contribution in [0.5, 0.6) is 11.5 Å². The van der Waals surface area contributed by atoms with Gasteiger partial charge < -0.3 is 14.4 Å². The van der Waals surface area contributed by atoms with E-state index in [0.717, 1.165) is 53.2 Å². The third-order valence-electron chi connectivity index (χ3n) is 8.53. The molecule has 0 spiro atoms. The van der Waals surface area contributed by atoms with Crippen molar-refractivity contribution >= 4 is 45.5 Å². The monoisotopic (exact) mass is 573 g/mol. The van der Waals surface area contributed by atoms with E-state index in [1.165, 1.54) is 30.4 Å². The van der Waals surface area contributed by atoms with Crippen LogP contribution in [0.3, 0.4) is 0 Å². The number of rotatable bonds is 9. The van der Waals surface area contributed by atoms with E-state index in [2.05, 4.69) is 56.5 Å². The number of allylic oxidation sites excluding steroid dienone is 6. The zero-order valence-corrected chi connectivity index (χ0v) is 25.6. The first-order valence-electron chi connectivity index (χ1n) is 14.9. The smallest absolute Gasteiger partial charge is 0.189 e. The van der Waals surface area contributed by atoms with Crippen LogP contribution < -0.4 is 4.74 Å². The minimum absolute atomic E-state index is 0.0157. The van der Waals surface area contributed by atoms with Crippen molar-refractivity contribution in [1.82, 2.24) is 4.57 Å². The molecule has 5 heteroatoms. The summed E-state index contributed by atoms with van der Waals surface area (Å²) in [6.07, 6.45) is 11.4. The molecular formula is C38H39NO4. The molecule has 1 N–H and O–H groups in total. The quantitative estimate of drug-likeness (QED) is 0.123. The molecule has 5 nitrogen and oxygen atoms in total. The molecule has 4 aromatic rings. The normalized spacial score (nSPS) is 15.7. The van der Waals surface area contributed by atoms with Gasteiger partial charge in [0.1, 0.15) is 0 Å². The molecule has 5 rings (SSSR count). The third-order valence-corrected chi connectivity index (χ3v) is 8.53. The Morgan fingerprint density at radius 1 is 0.930 bits per heavy atom.